The van der Waals surface area contributed by atoms with Crippen LogP contribution in [0.15, 0.2) is 53.4 Å². The van der Waals surface area contributed by atoms with Gasteiger partial charge < -0.3 is 9.47 Å². The number of benzene rings is 2. The molecule has 2 fully saturated rings. The lowest BCUT2D eigenvalue weighted by Gasteiger charge is -2.18. The fraction of sp³-hybridized carbons (Fsp3) is 0.269. The predicted molar refractivity (Wildman–Crippen MR) is 131 cm³/mol. The summed E-state index contributed by atoms with van der Waals surface area (Å²) in [5.41, 5.74) is 3.99. The van der Waals surface area contributed by atoms with Crippen LogP contribution in [-0.2, 0) is 9.59 Å². The molecule has 1 aromatic heterocycles. The number of fused-ring (bicyclic) bond motifs is 1. The highest BCUT2D eigenvalue weighted by Gasteiger charge is 2.37. The molecule has 3 amide bonds. The smallest absolute Gasteiger partial charge is 0.294 e. The number of imide groups is 1. The Hall–Kier alpha value is -3.32. The average molecular weight is 460 g/mol. The van der Waals surface area contributed by atoms with Gasteiger partial charge in [-0.2, -0.15) is 0 Å². The summed E-state index contributed by atoms with van der Waals surface area (Å²) in [4.78, 5) is 41.1. The Bertz CT molecular complexity index is 1310. The first-order valence-electron chi connectivity index (χ1n) is 11.1. The molecule has 2 saturated heterocycles. The van der Waals surface area contributed by atoms with Gasteiger partial charge in [0.05, 0.1) is 10.6 Å². The first-order valence-corrected chi connectivity index (χ1v) is 12.0. The number of amides is 3. The lowest BCUT2D eigenvalue weighted by molar-refractivity contribution is -0.135. The zero-order valence-electron chi connectivity index (χ0n) is 18.7. The Morgan fingerprint density at radius 1 is 1.03 bits per heavy atom. The molecular formula is C26H25N3O3S. The summed E-state index contributed by atoms with van der Waals surface area (Å²) in [5, 5.41) is 1.92. The van der Waals surface area contributed by atoms with Crippen LogP contribution in [0.5, 0.6) is 0 Å². The van der Waals surface area contributed by atoms with Gasteiger partial charge in [-0.25, -0.2) is 0 Å². The maximum absolute atomic E-state index is 13.0. The number of aromatic nitrogens is 1. The van der Waals surface area contributed by atoms with E-state index in [0.717, 1.165) is 62.9 Å². The monoisotopic (exact) mass is 459 g/mol. The summed E-state index contributed by atoms with van der Waals surface area (Å²) < 4.78 is 2.18. The van der Waals surface area contributed by atoms with Gasteiger partial charge in [0.25, 0.3) is 11.1 Å². The Balaban J connectivity index is 1.45. The second-order valence-corrected chi connectivity index (χ2v) is 9.51. The zero-order chi connectivity index (χ0) is 23.1. The summed E-state index contributed by atoms with van der Waals surface area (Å²) in [6, 6.07) is 16.5. The van der Waals surface area contributed by atoms with E-state index in [1.165, 1.54) is 0 Å². The topological polar surface area (TPSA) is 62.6 Å². The minimum atomic E-state index is -0.396. The Morgan fingerprint density at radius 2 is 1.76 bits per heavy atom. The van der Waals surface area contributed by atoms with E-state index in [1.807, 2.05) is 38.1 Å². The standard InChI is InChI=1S/C26H25N3O3S/c1-17-14-20(18(2)29(17)22-11-7-9-19-8-3-4-10-21(19)22)15-23-25(31)28(26(32)33-23)16-24(30)27-12-5-6-13-27/h3-4,7-11,14-15H,5-6,12-13,16H2,1-2H3/b23-15+. The molecule has 0 aliphatic carbocycles. The third-order valence-electron chi connectivity index (χ3n) is 6.39. The first kappa shape index (κ1) is 21.5. The molecule has 0 saturated carbocycles. The van der Waals surface area contributed by atoms with Crippen molar-refractivity contribution in [2.24, 2.45) is 0 Å². The van der Waals surface area contributed by atoms with Crippen LogP contribution in [0.25, 0.3) is 22.5 Å². The summed E-state index contributed by atoms with van der Waals surface area (Å²) in [5.74, 6) is -0.558. The van der Waals surface area contributed by atoms with Gasteiger partial charge in [-0.05, 0) is 67.6 Å². The SMILES string of the molecule is Cc1cc(/C=C2/SC(=O)N(CC(=O)N3CCCC3)C2=O)c(C)n1-c1cccc2ccccc12. The molecule has 0 bridgehead atoms. The van der Waals surface area contributed by atoms with E-state index in [1.54, 1.807) is 11.0 Å². The number of hydrogen-bond acceptors (Lipinski definition) is 4. The first-order chi connectivity index (χ1) is 15.9. The minimum absolute atomic E-state index is 0.162. The highest BCUT2D eigenvalue weighted by atomic mass is 32.2. The Kier molecular flexibility index (Phi) is 5.58. The molecule has 3 aromatic rings. The van der Waals surface area contributed by atoms with E-state index < -0.39 is 5.91 Å². The quantitative estimate of drug-likeness (QED) is 0.521. The number of nitrogens with zero attached hydrogens (tertiary/aromatic N) is 3. The van der Waals surface area contributed by atoms with E-state index in [9.17, 15) is 14.4 Å². The molecule has 3 heterocycles. The predicted octanol–water partition coefficient (Wildman–Crippen LogP) is 4.91. The fourth-order valence-corrected chi connectivity index (χ4v) is 5.52. The van der Waals surface area contributed by atoms with Gasteiger partial charge in [-0.3, -0.25) is 19.3 Å². The number of hydrogen-bond donors (Lipinski definition) is 0. The van der Waals surface area contributed by atoms with Crippen molar-refractivity contribution in [1.82, 2.24) is 14.4 Å². The van der Waals surface area contributed by atoms with Crippen LogP contribution in [0.4, 0.5) is 4.79 Å². The molecule has 0 unspecified atom stereocenters. The van der Waals surface area contributed by atoms with Crippen LogP contribution in [0.1, 0.15) is 29.8 Å². The lowest BCUT2D eigenvalue weighted by atomic mass is 10.1. The maximum atomic E-state index is 13.0. The van der Waals surface area contributed by atoms with Gasteiger partial charge in [0.15, 0.2) is 0 Å². The number of thioether (sulfide) groups is 1. The number of likely N-dealkylation sites (tertiary alicyclic amines) is 1. The van der Waals surface area contributed by atoms with E-state index in [0.29, 0.717) is 18.0 Å². The van der Waals surface area contributed by atoms with Gasteiger partial charge in [-0.15, -0.1) is 0 Å². The zero-order valence-corrected chi connectivity index (χ0v) is 19.5. The van der Waals surface area contributed by atoms with Gasteiger partial charge >= 0.3 is 0 Å². The van der Waals surface area contributed by atoms with E-state index in [2.05, 4.69) is 28.8 Å². The van der Waals surface area contributed by atoms with Crippen molar-refractivity contribution >= 4 is 45.7 Å². The van der Waals surface area contributed by atoms with Crippen LogP contribution >= 0.6 is 11.8 Å². The second kappa shape index (κ2) is 8.56. The number of rotatable bonds is 4. The van der Waals surface area contributed by atoms with Crippen LogP contribution in [0.3, 0.4) is 0 Å². The number of carbonyl (C=O) groups excluding carboxylic acids is 3. The van der Waals surface area contributed by atoms with Crippen molar-refractivity contribution < 1.29 is 14.4 Å². The third kappa shape index (κ3) is 3.86. The normalized spacial score (nSPS) is 17.7. The van der Waals surface area contributed by atoms with Crippen molar-refractivity contribution in [3.05, 3.63) is 70.4 Å². The molecule has 0 atom stereocenters. The van der Waals surface area contributed by atoms with E-state index >= 15 is 0 Å². The van der Waals surface area contributed by atoms with Gasteiger partial charge in [-0.1, -0.05) is 36.4 Å². The summed E-state index contributed by atoms with van der Waals surface area (Å²) in [7, 11) is 0. The molecule has 5 rings (SSSR count). The van der Waals surface area contributed by atoms with Crippen molar-refractivity contribution in [3.63, 3.8) is 0 Å². The van der Waals surface area contributed by atoms with Gasteiger partial charge in [0.1, 0.15) is 6.54 Å². The highest BCUT2D eigenvalue weighted by Crippen LogP contribution is 2.34. The highest BCUT2D eigenvalue weighted by molar-refractivity contribution is 8.18. The van der Waals surface area contributed by atoms with Crippen molar-refractivity contribution in [1.29, 1.82) is 0 Å². The van der Waals surface area contributed by atoms with Crippen molar-refractivity contribution in [3.8, 4) is 5.69 Å². The molecule has 0 N–H and O–H groups in total. The van der Waals surface area contributed by atoms with E-state index in [4.69, 9.17) is 0 Å². The van der Waals surface area contributed by atoms with Gasteiger partial charge in [0.2, 0.25) is 5.91 Å². The molecule has 0 spiro atoms. The molecule has 0 radical (unpaired) electrons. The van der Waals surface area contributed by atoms with Crippen LogP contribution in [0, 0.1) is 13.8 Å². The Morgan fingerprint density at radius 3 is 2.55 bits per heavy atom. The summed E-state index contributed by atoms with van der Waals surface area (Å²) in [6.07, 6.45) is 3.72. The molecule has 168 valence electrons. The molecular weight excluding hydrogens is 434 g/mol. The van der Waals surface area contributed by atoms with Crippen LogP contribution in [-0.4, -0.2) is 51.1 Å². The summed E-state index contributed by atoms with van der Waals surface area (Å²) >= 11 is 0.902. The van der Waals surface area contributed by atoms with E-state index in [-0.39, 0.29) is 17.7 Å². The second-order valence-electron chi connectivity index (χ2n) is 8.52. The van der Waals surface area contributed by atoms with Crippen LogP contribution < -0.4 is 0 Å². The van der Waals surface area contributed by atoms with Gasteiger partial charge in [0, 0.05) is 29.9 Å². The molecule has 2 aliphatic heterocycles. The lowest BCUT2D eigenvalue weighted by Crippen LogP contribution is -2.40. The number of aryl methyl sites for hydroxylation is 1. The molecule has 2 aromatic carbocycles. The summed E-state index contributed by atoms with van der Waals surface area (Å²) in [6.45, 7) is 5.27. The third-order valence-corrected chi connectivity index (χ3v) is 7.30. The van der Waals surface area contributed by atoms with Crippen molar-refractivity contribution in [2.75, 3.05) is 19.6 Å². The largest absolute Gasteiger partial charge is 0.341 e. The Labute approximate surface area is 196 Å². The van der Waals surface area contributed by atoms with Crippen LogP contribution in [0.2, 0.25) is 0 Å². The molecule has 7 heteroatoms. The minimum Gasteiger partial charge on any atom is -0.341 e. The molecule has 33 heavy (non-hydrogen) atoms. The molecule has 2 aliphatic rings. The average Bonchev–Trinajstić information content (AvgIpc) is 3.50. The fourth-order valence-electron chi connectivity index (χ4n) is 4.69. The van der Waals surface area contributed by atoms with Crippen molar-refractivity contribution in [2.45, 2.75) is 26.7 Å². The maximum Gasteiger partial charge on any atom is 0.294 e. The number of carbonyl (C=O) groups is 3. The molecule has 6 nitrogen and oxygen atoms in total.